The second kappa shape index (κ2) is 3.75. The van der Waals surface area contributed by atoms with Crippen LogP contribution in [-0.2, 0) is 0 Å². The Morgan fingerprint density at radius 2 is 2.29 bits per heavy atom. The molecule has 0 radical (unpaired) electrons. The lowest BCUT2D eigenvalue weighted by molar-refractivity contribution is 0.582. The topological polar surface area (TPSA) is 52.0 Å². The fraction of sp³-hybridized carbons (Fsp3) is 0.100. The summed E-state index contributed by atoms with van der Waals surface area (Å²) in [4.78, 5) is 4.16. The molecule has 4 heteroatoms. The molecule has 0 bridgehead atoms. The highest BCUT2D eigenvalue weighted by Gasteiger charge is 2.04. The van der Waals surface area contributed by atoms with Crippen molar-refractivity contribution in [2.45, 2.75) is 5.03 Å². The fourth-order valence-electron chi connectivity index (χ4n) is 1.22. The predicted molar refractivity (Wildman–Crippen MR) is 58.1 cm³/mol. The van der Waals surface area contributed by atoms with E-state index in [1.54, 1.807) is 24.1 Å². The number of aromatic nitrogens is 1. The summed E-state index contributed by atoms with van der Waals surface area (Å²) in [6, 6.07) is 7.52. The van der Waals surface area contributed by atoms with Crippen LogP contribution in [0.2, 0.25) is 0 Å². The minimum absolute atomic E-state index is 0.517. The third kappa shape index (κ3) is 1.75. The minimum atomic E-state index is 0.517. The van der Waals surface area contributed by atoms with E-state index in [1.807, 2.05) is 24.5 Å². The van der Waals surface area contributed by atoms with Crippen molar-refractivity contribution < 1.29 is 4.42 Å². The van der Waals surface area contributed by atoms with Crippen molar-refractivity contribution in [3.63, 3.8) is 0 Å². The van der Waals surface area contributed by atoms with Crippen molar-refractivity contribution in [3.05, 3.63) is 30.5 Å². The highest BCUT2D eigenvalue weighted by molar-refractivity contribution is 7.98. The van der Waals surface area contributed by atoms with Gasteiger partial charge in [0.05, 0.1) is 11.3 Å². The van der Waals surface area contributed by atoms with E-state index in [1.165, 1.54) is 0 Å². The van der Waals surface area contributed by atoms with E-state index in [9.17, 15) is 0 Å². The lowest BCUT2D eigenvalue weighted by atomic mass is 10.2. The SMILES string of the molecule is CSc1cc(-c2ccco2)cc(N)n1. The van der Waals surface area contributed by atoms with Crippen LogP contribution in [0.4, 0.5) is 5.82 Å². The summed E-state index contributed by atoms with van der Waals surface area (Å²) in [7, 11) is 0. The van der Waals surface area contributed by atoms with Crippen LogP contribution in [0.25, 0.3) is 11.3 Å². The molecule has 2 heterocycles. The van der Waals surface area contributed by atoms with Crippen LogP contribution in [0.3, 0.4) is 0 Å². The molecule has 2 aromatic heterocycles. The zero-order valence-corrected chi connectivity index (χ0v) is 8.54. The molecule has 0 atom stereocenters. The lowest BCUT2D eigenvalue weighted by Gasteiger charge is -2.01. The van der Waals surface area contributed by atoms with Gasteiger partial charge in [0.2, 0.25) is 0 Å². The number of anilines is 1. The van der Waals surface area contributed by atoms with Gasteiger partial charge in [0, 0.05) is 5.56 Å². The van der Waals surface area contributed by atoms with Gasteiger partial charge in [-0.2, -0.15) is 0 Å². The molecule has 0 saturated carbocycles. The summed E-state index contributed by atoms with van der Waals surface area (Å²) in [5.74, 6) is 1.33. The lowest BCUT2D eigenvalue weighted by Crippen LogP contribution is -1.91. The van der Waals surface area contributed by atoms with Crippen molar-refractivity contribution in [2.75, 3.05) is 12.0 Å². The number of nitrogens with two attached hydrogens (primary N) is 1. The molecule has 0 spiro atoms. The molecule has 0 amide bonds. The second-order valence-electron chi connectivity index (χ2n) is 2.80. The molecule has 0 unspecified atom stereocenters. The Bertz CT molecular complexity index is 426. The monoisotopic (exact) mass is 206 g/mol. The molecule has 0 aliphatic rings. The molecule has 2 aromatic rings. The number of hydrogen-bond acceptors (Lipinski definition) is 4. The van der Waals surface area contributed by atoms with Gasteiger partial charge in [-0.25, -0.2) is 4.98 Å². The normalized spacial score (nSPS) is 10.4. The highest BCUT2D eigenvalue weighted by atomic mass is 32.2. The van der Waals surface area contributed by atoms with Crippen molar-refractivity contribution in [1.29, 1.82) is 0 Å². The summed E-state index contributed by atoms with van der Waals surface area (Å²) in [5, 5.41) is 0.899. The summed E-state index contributed by atoms with van der Waals surface area (Å²) in [5.41, 5.74) is 6.64. The van der Waals surface area contributed by atoms with Crippen molar-refractivity contribution in [2.24, 2.45) is 0 Å². The Morgan fingerprint density at radius 1 is 1.43 bits per heavy atom. The van der Waals surface area contributed by atoms with Crippen LogP contribution < -0.4 is 5.73 Å². The Hall–Kier alpha value is -1.42. The maximum absolute atomic E-state index is 5.67. The van der Waals surface area contributed by atoms with E-state index in [4.69, 9.17) is 10.2 Å². The first-order valence-corrected chi connectivity index (χ1v) is 5.37. The summed E-state index contributed by atoms with van der Waals surface area (Å²) in [6.45, 7) is 0. The molecular weight excluding hydrogens is 196 g/mol. The van der Waals surface area contributed by atoms with E-state index in [0.717, 1.165) is 16.3 Å². The molecule has 14 heavy (non-hydrogen) atoms. The van der Waals surface area contributed by atoms with Gasteiger partial charge >= 0.3 is 0 Å². The first kappa shape index (κ1) is 9.15. The molecule has 0 aliphatic heterocycles. The number of nitrogens with zero attached hydrogens (tertiary/aromatic N) is 1. The Balaban J connectivity index is 2.48. The fourth-order valence-corrected chi connectivity index (χ4v) is 1.66. The van der Waals surface area contributed by atoms with Crippen LogP contribution in [0.1, 0.15) is 0 Å². The number of hydrogen-bond donors (Lipinski definition) is 1. The van der Waals surface area contributed by atoms with Crippen molar-refractivity contribution >= 4 is 17.6 Å². The Labute approximate surface area is 86.3 Å². The van der Waals surface area contributed by atoms with Gasteiger partial charge < -0.3 is 10.2 Å². The Kier molecular flexibility index (Phi) is 2.45. The van der Waals surface area contributed by atoms with Gasteiger partial charge in [0.25, 0.3) is 0 Å². The largest absolute Gasteiger partial charge is 0.464 e. The molecule has 0 fully saturated rings. The van der Waals surface area contributed by atoms with Gasteiger partial charge in [0.15, 0.2) is 0 Å². The molecule has 72 valence electrons. The van der Waals surface area contributed by atoms with Gasteiger partial charge in [0.1, 0.15) is 11.6 Å². The molecule has 0 saturated heterocycles. The molecule has 2 rings (SSSR count). The summed E-state index contributed by atoms with van der Waals surface area (Å²) in [6.07, 6.45) is 3.61. The van der Waals surface area contributed by atoms with Crippen LogP contribution in [0, 0.1) is 0 Å². The van der Waals surface area contributed by atoms with E-state index < -0.39 is 0 Å². The molecule has 0 aromatic carbocycles. The molecular formula is C10H10N2OS. The van der Waals surface area contributed by atoms with Crippen LogP contribution in [-0.4, -0.2) is 11.2 Å². The maximum atomic E-state index is 5.67. The van der Waals surface area contributed by atoms with Crippen LogP contribution >= 0.6 is 11.8 Å². The van der Waals surface area contributed by atoms with Crippen LogP contribution in [0.5, 0.6) is 0 Å². The van der Waals surface area contributed by atoms with Crippen LogP contribution in [0.15, 0.2) is 40.0 Å². The highest BCUT2D eigenvalue weighted by Crippen LogP contribution is 2.25. The zero-order valence-electron chi connectivity index (χ0n) is 7.73. The number of rotatable bonds is 2. The quantitative estimate of drug-likeness (QED) is 0.767. The average Bonchev–Trinajstić information content (AvgIpc) is 2.69. The standard InChI is InChI=1S/C10H10N2OS/c1-14-10-6-7(5-9(11)12-10)8-3-2-4-13-8/h2-6H,1H3,(H2,11,12). The summed E-state index contributed by atoms with van der Waals surface area (Å²) >= 11 is 1.56. The third-order valence-corrected chi connectivity index (χ3v) is 2.46. The maximum Gasteiger partial charge on any atom is 0.134 e. The van der Waals surface area contributed by atoms with Crippen molar-refractivity contribution in [1.82, 2.24) is 4.98 Å². The van der Waals surface area contributed by atoms with Crippen molar-refractivity contribution in [3.8, 4) is 11.3 Å². The first-order chi connectivity index (χ1) is 6.79. The molecule has 2 N–H and O–H groups in total. The van der Waals surface area contributed by atoms with E-state index >= 15 is 0 Å². The minimum Gasteiger partial charge on any atom is -0.464 e. The second-order valence-corrected chi connectivity index (χ2v) is 3.63. The van der Waals surface area contributed by atoms with E-state index in [-0.39, 0.29) is 0 Å². The summed E-state index contributed by atoms with van der Waals surface area (Å²) < 4.78 is 5.28. The first-order valence-electron chi connectivity index (χ1n) is 4.15. The molecule has 3 nitrogen and oxygen atoms in total. The smallest absolute Gasteiger partial charge is 0.134 e. The van der Waals surface area contributed by atoms with E-state index in [0.29, 0.717) is 5.82 Å². The van der Waals surface area contributed by atoms with Gasteiger partial charge in [-0.15, -0.1) is 11.8 Å². The number of furan rings is 1. The van der Waals surface area contributed by atoms with Gasteiger partial charge in [-0.05, 0) is 30.5 Å². The third-order valence-electron chi connectivity index (χ3n) is 1.84. The average molecular weight is 206 g/mol. The van der Waals surface area contributed by atoms with Gasteiger partial charge in [-0.1, -0.05) is 0 Å². The number of nitrogen functional groups attached to an aromatic ring is 1. The Morgan fingerprint density at radius 3 is 2.93 bits per heavy atom. The predicted octanol–water partition coefficient (Wildman–Crippen LogP) is 2.65. The van der Waals surface area contributed by atoms with Gasteiger partial charge in [-0.3, -0.25) is 0 Å². The number of thioether (sulfide) groups is 1. The number of pyridine rings is 1. The molecule has 0 aliphatic carbocycles. The zero-order chi connectivity index (χ0) is 9.97. The van der Waals surface area contributed by atoms with E-state index in [2.05, 4.69) is 4.98 Å².